The molecule has 1 aromatic heterocycles. The lowest BCUT2D eigenvalue weighted by molar-refractivity contribution is 0.324. The van der Waals surface area contributed by atoms with Gasteiger partial charge in [-0.05, 0) is 26.0 Å². The van der Waals surface area contributed by atoms with Crippen LogP contribution in [0.3, 0.4) is 0 Å². The summed E-state index contributed by atoms with van der Waals surface area (Å²) < 4.78 is 16.0. The van der Waals surface area contributed by atoms with Crippen LogP contribution in [0.1, 0.15) is 13.8 Å². The molecule has 0 aliphatic carbocycles. The highest BCUT2D eigenvalue weighted by atomic mass is 32.1. The predicted molar refractivity (Wildman–Crippen MR) is 83.8 cm³/mol. The summed E-state index contributed by atoms with van der Waals surface area (Å²) in [5, 5.41) is 13.1. The molecule has 1 aromatic carbocycles. The summed E-state index contributed by atoms with van der Waals surface area (Å²) in [6.45, 7) is 4.11. The molecule has 0 fully saturated rings. The van der Waals surface area contributed by atoms with E-state index in [1.54, 1.807) is 21.3 Å². The van der Waals surface area contributed by atoms with Crippen molar-refractivity contribution in [2.24, 2.45) is 0 Å². The molecular weight excluding hydrogens is 290 g/mol. The van der Waals surface area contributed by atoms with Crippen LogP contribution in [0.2, 0.25) is 0 Å². The Labute approximate surface area is 128 Å². The fourth-order valence-corrected chi connectivity index (χ4v) is 2.73. The van der Waals surface area contributed by atoms with Crippen LogP contribution in [-0.2, 0) is 0 Å². The number of hydrogen-bond donors (Lipinski definition) is 1. The lowest BCUT2D eigenvalue weighted by atomic mass is 10.2. The van der Waals surface area contributed by atoms with Crippen molar-refractivity contribution in [1.82, 2.24) is 10.2 Å². The summed E-state index contributed by atoms with van der Waals surface area (Å²) in [6, 6.07) is 4.04. The smallest absolute Gasteiger partial charge is 0.206 e. The Bertz CT molecular complexity index is 588. The lowest BCUT2D eigenvalue weighted by Gasteiger charge is -2.13. The maximum absolute atomic E-state index is 5.35. The standard InChI is InChI=1S/C14H19N3O3S/c1-8(2)15-14-17-16-13(21-14)9-6-10(18-3)12(20-5)11(7-9)19-4/h6-8H,1-5H3,(H,15,17). The number of methoxy groups -OCH3 is 3. The summed E-state index contributed by atoms with van der Waals surface area (Å²) >= 11 is 1.48. The molecule has 6 nitrogen and oxygen atoms in total. The SMILES string of the molecule is COc1cc(-c2nnc(NC(C)C)s2)cc(OC)c1OC. The maximum atomic E-state index is 5.35. The number of rotatable bonds is 6. The molecule has 2 aromatic rings. The van der Waals surface area contributed by atoms with Gasteiger partial charge >= 0.3 is 0 Å². The Kier molecular flexibility index (Phi) is 4.85. The van der Waals surface area contributed by atoms with Gasteiger partial charge in [0.05, 0.1) is 21.3 Å². The van der Waals surface area contributed by atoms with E-state index in [4.69, 9.17) is 14.2 Å². The number of anilines is 1. The fraction of sp³-hybridized carbons (Fsp3) is 0.429. The van der Waals surface area contributed by atoms with Crippen molar-refractivity contribution in [1.29, 1.82) is 0 Å². The molecule has 0 spiro atoms. The Morgan fingerprint density at radius 1 is 1.00 bits per heavy atom. The molecule has 0 unspecified atom stereocenters. The number of benzene rings is 1. The quantitative estimate of drug-likeness (QED) is 0.884. The van der Waals surface area contributed by atoms with Crippen LogP contribution in [0.4, 0.5) is 5.13 Å². The summed E-state index contributed by atoms with van der Waals surface area (Å²) in [5.74, 6) is 1.76. The molecule has 0 radical (unpaired) electrons. The van der Waals surface area contributed by atoms with E-state index in [1.807, 2.05) is 12.1 Å². The summed E-state index contributed by atoms with van der Waals surface area (Å²) in [5.41, 5.74) is 0.874. The van der Waals surface area contributed by atoms with E-state index in [-0.39, 0.29) is 0 Å². The minimum absolute atomic E-state index is 0.311. The average Bonchev–Trinajstić information content (AvgIpc) is 2.93. The Morgan fingerprint density at radius 2 is 1.62 bits per heavy atom. The molecule has 1 heterocycles. The van der Waals surface area contributed by atoms with Gasteiger partial charge in [0.2, 0.25) is 10.9 Å². The van der Waals surface area contributed by atoms with Crippen LogP contribution in [0, 0.1) is 0 Å². The van der Waals surface area contributed by atoms with E-state index < -0.39 is 0 Å². The van der Waals surface area contributed by atoms with E-state index in [0.29, 0.717) is 23.3 Å². The van der Waals surface area contributed by atoms with Crippen LogP contribution in [0.5, 0.6) is 17.2 Å². The predicted octanol–water partition coefficient (Wildman–Crippen LogP) is 3.05. The van der Waals surface area contributed by atoms with Gasteiger partial charge in [0.25, 0.3) is 0 Å². The second-order valence-corrected chi connectivity index (χ2v) is 5.60. The second-order valence-electron chi connectivity index (χ2n) is 4.63. The molecule has 21 heavy (non-hydrogen) atoms. The monoisotopic (exact) mass is 309 g/mol. The van der Waals surface area contributed by atoms with Gasteiger partial charge < -0.3 is 19.5 Å². The zero-order valence-corrected chi connectivity index (χ0v) is 13.6. The highest BCUT2D eigenvalue weighted by molar-refractivity contribution is 7.18. The first-order valence-corrected chi connectivity index (χ1v) is 7.31. The van der Waals surface area contributed by atoms with Crippen molar-refractivity contribution in [3.63, 3.8) is 0 Å². The first-order chi connectivity index (χ1) is 10.1. The van der Waals surface area contributed by atoms with E-state index in [9.17, 15) is 0 Å². The van der Waals surface area contributed by atoms with Crippen LogP contribution in [0.25, 0.3) is 10.6 Å². The van der Waals surface area contributed by atoms with Crippen molar-refractivity contribution < 1.29 is 14.2 Å². The molecular formula is C14H19N3O3S. The maximum Gasteiger partial charge on any atom is 0.206 e. The minimum Gasteiger partial charge on any atom is -0.493 e. The average molecular weight is 309 g/mol. The Morgan fingerprint density at radius 3 is 2.10 bits per heavy atom. The molecule has 1 N–H and O–H groups in total. The second kappa shape index (κ2) is 6.62. The van der Waals surface area contributed by atoms with Gasteiger partial charge in [-0.3, -0.25) is 0 Å². The van der Waals surface area contributed by atoms with Gasteiger partial charge in [0.1, 0.15) is 5.01 Å². The largest absolute Gasteiger partial charge is 0.493 e. The number of nitrogens with zero attached hydrogens (tertiary/aromatic N) is 2. The van der Waals surface area contributed by atoms with E-state index in [1.165, 1.54) is 11.3 Å². The number of nitrogens with one attached hydrogen (secondary N) is 1. The molecule has 0 aliphatic rings. The van der Waals surface area contributed by atoms with Crippen LogP contribution >= 0.6 is 11.3 Å². The highest BCUT2D eigenvalue weighted by Gasteiger charge is 2.16. The third-order valence-corrected chi connectivity index (χ3v) is 3.65. The molecule has 2 rings (SSSR count). The van der Waals surface area contributed by atoms with Crippen molar-refractivity contribution in [2.75, 3.05) is 26.6 Å². The van der Waals surface area contributed by atoms with Gasteiger partial charge in [-0.25, -0.2) is 0 Å². The third kappa shape index (κ3) is 3.36. The Balaban J connectivity index is 2.41. The van der Waals surface area contributed by atoms with Crippen LogP contribution < -0.4 is 19.5 Å². The van der Waals surface area contributed by atoms with Crippen molar-refractivity contribution in [3.05, 3.63) is 12.1 Å². The molecule has 0 amide bonds. The number of hydrogen-bond acceptors (Lipinski definition) is 7. The zero-order valence-electron chi connectivity index (χ0n) is 12.8. The molecule has 0 aliphatic heterocycles. The van der Waals surface area contributed by atoms with E-state index in [2.05, 4.69) is 29.4 Å². The van der Waals surface area contributed by atoms with Gasteiger partial charge in [0, 0.05) is 11.6 Å². The zero-order chi connectivity index (χ0) is 15.4. The van der Waals surface area contributed by atoms with Gasteiger partial charge in [-0.15, -0.1) is 10.2 Å². The lowest BCUT2D eigenvalue weighted by Crippen LogP contribution is -2.08. The van der Waals surface area contributed by atoms with Crippen molar-refractivity contribution >= 4 is 16.5 Å². The van der Waals surface area contributed by atoms with Crippen molar-refractivity contribution in [3.8, 4) is 27.8 Å². The third-order valence-electron chi connectivity index (χ3n) is 2.75. The summed E-state index contributed by atoms with van der Waals surface area (Å²) in [7, 11) is 4.76. The van der Waals surface area contributed by atoms with Crippen molar-refractivity contribution in [2.45, 2.75) is 19.9 Å². The number of ether oxygens (including phenoxy) is 3. The molecule has 7 heteroatoms. The summed E-state index contributed by atoms with van der Waals surface area (Å²) in [6.07, 6.45) is 0. The fourth-order valence-electron chi connectivity index (χ4n) is 1.85. The van der Waals surface area contributed by atoms with E-state index >= 15 is 0 Å². The topological polar surface area (TPSA) is 65.5 Å². The normalized spacial score (nSPS) is 10.6. The van der Waals surface area contributed by atoms with Crippen LogP contribution in [-0.4, -0.2) is 37.6 Å². The molecule has 114 valence electrons. The first kappa shape index (κ1) is 15.4. The Hall–Kier alpha value is -2.02. The molecule has 0 bridgehead atoms. The van der Waals surface area contributed by atoms with Crippen LogP contribution in [0.15, 0.2) is 12.1 Å². The van der Waals surface area contributed by atoms with E-state index in [0.717, 1.165) is 15.7 Å². The molecule has 0 atom stereocenters. The number of aromatic nitrogens is 2. The van der Waals surface area contributed by atoms with Gasteiger partial charge in [-0.2, -0.15) is 0 Å². The minimum atomic E-state index is 0.311. The molecule has 0 saturated heterocycles. The first-order valence-electron chi connectivity index (χ1n) is 6.49. The highest BCUT2D eigenvalue weighted by Crippen LogP contribution is 2.42. The van der Waals surface area contributed by atoms with Gasteiger partial charge in [0.15, 0.2) is 11.5 Å². The summed E-state index contributed by atoms with van der Waals surface area (Å²) in [4.78, 5) is 0. The van der Waals surface area contributed by atoms with Gasteiger partial charge in [-0.1, -0.05) is 11.3 Å². The molecule has 0 saturated carbocycles.